The molecule has 9 heteroatoms. The molecule has 35 heavy (non-hydrogen) atoms. The fraction of sp³-hybridized carbons (Fsp3) is 0.615. The Balaban J connectivity index is 0.00000432. The molecule has 0 radical (unpaired) electrons. The topological polar surface area (TPSA) is 116 Å². The number of hydrogen-bond donors (Lipinski definition) is 3. The first-order valence-corrected chi connectivity index (χ1v) is 12.6. The van der Waals surface area contributed by atoms with Crippen molar-refractivity contribution in [3.63, 3.8) is 0 Å². The maximum atomic E-state index is 12.5. The minimum absolute atomic E-state index is 0. The Bertz CT molecular complexity index is 853. The van der Waals surface area contributed by atoms with E-state index in [0.717, 1.165) is 70.1 Å². The van der Waals surface area contributed by atoms with E-state index in [1.165, 1.54) is 5.56 Å². The molecule has 1 atom stereocenters. The molecule has 1 aromatic rings. The van der Waals surface area contributed by atoms with E-state index < -0.39 is 5.97 Å². The highest BCUT2D eigenvalue weighted by molar-refractivity contribution is 6.01. The highest BCUT2D eigenvalue weighted by Crippen LogP contribution is 2.29. The Morgan fingerprint density at radius 1 is 0.914 bits per heavy atom. The van der Waals surface area contributed by atoms with Crippen molar-refractivity contribution in [2.75, 3.05) is 18.4 Å². The van der Waals surface area contributed by atoms with Gasteiger partial charge in [-0.25, -0.2) is 0 Å². The highest BCUT2D eigenvalue weighted by Gasteiger charge is 2.27. The molecular formula is C26H38ClN3O5. The number of imide groups is 1. The van der Waals surface area contributed by atoms with Crippen molar-refractivity contribution < 1.29 is 24.3 Å². The number of likely N-dealkylation sites (tertiary alicyclic amines) is 1. The molecular weight excluding hydrogens is 470 g/mol. The molecule has 2 aliphatic rings. The molecule has 1 aromatic carbocycles. The molecule has 8 nitrogen and oxygen atoms in total. The molecule has 3 N–H and O–H groups in total. The number of amides is 3. The summed E-state index contributed by atoms with van der Waals surface area (Å²) in [7, 11) is 0. The lowest BCUT2D eigenvalue weighted by Gasteiger charge is -2.32. The first-order chi connectivity index (χ1) is 16.4. The molecule has 2 fully saturated rings. The van der Waals surface area contributed by atoms with Crippen LogP contribution in [0.5, 0.6) is 0 Å². The number of halogens is 1. The number of rotatable bonds is 12. The summed E-state index contributed by atoms with van der Waals surface area (Å²) in [5.74, 6) is -0.540. The van der Waals surface area contributed by atoms with Crippen LogP contribution in [0.25, 0.3) is 0 Å². The number of carboxylic acids is 1. The van der Waals surface area contributed by atoms with E-state index in [0.29, 0.717) is 25.2 Å². The van der Waals surface area contributed by atoms with E-state index >= 15 is 0 Å². The summed E-state index contributed by atoms with van der Waals surface area (Å²) in [6, 6.07) is 7.77. The van der Waals surface area contributed by atoms with Gasteiger partial charge >= 0.3 is 5.97 Å². The number of nitrogens with one attached hydrogen (secondary N) is 2. The number of carboxylic acid groups (broad SMARTS) is 1. The summed E-state index contributed by atoms with van der Waals surface area (Å²) in [4.78, 5) is 48.2. The van der Waals surface area contributed by atoms with Gasteiger partial charge in [-0.15, -0.1) is 12.4 Å². The zero-order valence-corrected chi connectivity index (χ0v) is 21.1. The summed E-state index contributed by atoms with van der Waals surface area (Å²) in [6.45, 7) is 1.57. The lowest BCUT2D eigenvalue weighted by molar-refractivity contribution is -0.137. The van der Waals surface area contributed by atoms with Gasteiger partial charge in [0, 0.05) is 38.0 Å². The molecule has 0 spiro atoms. The second kappa shape index (κ2) is 14.7. The summed E-state index contributed by atoms with van der Waals surface area (Å²) >= 11 is 0. The van der Waals surface area contributed by atoms with Gasteiger partial charge in [-0.05, 0) is 55.7 Å². The number of hydrogen-bond acceptors (Lipinski definition) is 5. The van der Waals surface area contributed by atoms with Crippen LogP contribution in [-0.4, -0.2) is 52.8 Å². The lowest BCUT2D eigenvalue weighted by atomic mass is 9.89. The fourth-order valence-electron chi connectivity index (χ4n) is 4.76. The fourth-order valence-corrected chi connectivity index (χ4v) is 4.76. The van der Waals surface area contributed by atoms with E-state index in [2.05, 4.69) is 22.8 Å². The zero-order valence-electron chi connectivity index (χ0n) is 20.3. The summed E-state index contributed by atoms with van der Waals surface area (Å²) < 4.78 is 0. The van der Waals surface area contributed by atoms with Crippen LogP contribution in [-0.2, 0) is 19.2 Å². The van der Waals surface area contributed by atoms with E-state index in [9.17, 15) is 19.2 Å². The SMILES string of the molecule is Cl.O=C(O)CCCCCCCCC(=O)N1CCC(c2ccc(NC3CCC(=O)NC3=O)cc2)CC1. The van der Waals surface area contributed by atoms with Crippen molar-refractivity contribution >= 4 is 41.8 Å². The van der Waals surface area contributed by atoms with Crippen LogP contribution in [0.2, 0.25) is 0 Å². The van der Waals surface area contributed by atoms with E-state index in [-0.39, 0.29) is 42.6 Å². The second-order valence-corrected chi connectivity index (χ2v) is 9.44. The summed E-state index contributed by atoms with van der Waals surface area (Å²) in [5.41, 5.74) is 2.12. The van der Waals surface area contributed by atoms with Crippen molar-refractivity contribution in [3.05, 3.63) is 29.8 Å². The summed E-state index contributed by atoms with van der Waals surface area (Å²) in [5, 5.41) is 14.2. The average Bonchev–Trinajstić information content (AvgIpc) is 2.83. The third kappa shape index (κ3) is 9.51. The Kier molecular flexibility index (Phi) is 12.0. The minimum atomic E-state index is -0.729. The number of unbranched alkanes of at least 4 members (excludes halogenated alkanes) is 5. The van der Waals surface area contributed by atoms with Crippen molar-refractivity contribution in [2.24, 2.45) is 0 Å². The van der Waals surface area contributed by atoms with Crippen LogP contribution in [0.15, 0.2) is 24.3 Å². The van der Waals surface area contributed by atoms with Crippen LogP contribution >= 0.6 is 12.4 Å². The molecule has 0 aromatic heterocycles. The quantitative estimate of drug-likeness (QED) is 0.288. The number of carbonyl (C=O) groups is 4. The smallest absolute Gasteiger partial charge is 0.303 e. The lowest BCUT2D eigenvalue weighted by Crippen LogP contribution is -2.47. The van der Waals surface area contributed by atoms with Crippen LogP contribution in [0.1, 0.15) is 88.5 Å². The van der Waals surface area contributed by atoms with Crippen LogP contribution in [0.3, 0.4) is 0 Å². The molecule has 2 aliphatic heterocycles. The number of nitrogens with zero attached hydrogens (tertiary/aromatic N) is 1. The van der Waals surface area contributed by atoms with E-state index in [4.69, 9.17) is 5.11 Å². The van der Waals surface area contributed by atoms with Crippen molar-refractivity contribution in [2.45, 2.75) is 89.0 Å². The maximum absolute atomic E-state index is 12.5. The molecule has 0 bridgehead atoms. The largest absolute Gasteiger partial charge is 0.481 e. The normalized spacial score (nSPS) is 18.5. The Morgan fingerprint density at radius 2 is 1.51 bits per heavy atom. The molecule has 3 rings (SSSR count). The molecule has 0 saturated carbocycles. The third-order valence-corrected chi connectivity index (χ3v) is 6.84. The monoisotopic (exact) mass is 507 g/mol. The van der Waals surface area contributed by atoms with Gasteiger partial charge in [0.1, 0.15) is 6.04 Å². The van der Waals surface area contributed by atoms with Crippen LogP contribution < -0.4 is 10.6 Å². The van der Waals surface area contributed by atoms with Crippen LogP contribution in [0, 0.1) is 0 Å². The second-order valence-electron chi connectivity index (χ2n) is 9.44. The maximum Gasteiger partial charge on any atom is 0.303 e. The number of aliphatic carboxylic acids is 1. The molecule has 194 valence electrons. The van der Waals surface area contributed by atoms with E-state index in [1.807, 2.05) is 17.0 Å². The first kappa shape index (κ1) is 28.6. The predicted molar refractivity (Wildman–Crippen MR) is 137 cm³/mol. The van der Waals surface area contributed by atoms with Crippen molar-refractivity contribution in [3.8, 4) is 0 Å². The Labute approximate surface area is 213 Å². The number of piperidine rings is 2. The molecule has 3 amide bonds. The molecule has 1 unspecified atom stereocenters. The average molecular weight is 508 g/mol. The molecule has 0 aliphatic carbocycles. The minimum Gasteiger partial charge on any atom is -0.481 e. The standard InChI is InChI=1S/C26H37N3O5.ClH/c30-23-14-13-22(26(34)28-23)27-21-11-9-19(10-12-21)20-15-17-29(18-16-20)24(31)7-5-3-1-2-4-6-8-25(32)33;/h9-12,20,22,27H,1-8,13-18H2,(H,32,33)(H,28,30,34);1H. The van der Waals surface area contributed by atoms with Gasteiger partial charge in [-0.3, -0.25) is 24.5 Å². The number of anilines is 1. The number of benzene rings is 1. The third-order valence-electron chi connectivity index (χ3n) is 6.84. The van der Waals surface area contributed by atoms with Gasteiger partial charge in [-0.2, -0.15) is 0 Å². The van der Waals surface area contributed by atoms with Gasteiger partial charge in [0.2, 0.25) is 17.7 Å². The van der Waals surface area contributed by atoms with Gasteiger partial charge in [-0.1, -0.05) is 37.8 Å². The van der Waals surface area contributed by atoms with E-state index in [1.54, 1.807) is 0 Å². The highest BCUT2D eigenvalue weighted by atomic mass is 35.5. The van der Waals surface area contributed by atoms with Crippen LogP contribution in [0.4, 0.5) is 5.69 Å². The predicted octanol–water partition coefficient (Wildman–Crippen LogP) is 4.24. The molecule has 2 saturated heterocycles. The number of carbonyl (C=O) groups excluding carboxylic acids is 3. The summed E-state index contributed by atoms with van der Waals surface area (Å²) in [6.07, 6.45) is 9.32. The van der Waals surface area contributed by atoms with Gasteiger partial charge < -0.3 is 15.3 Å². The first-order valence-electron chi connectivity index (χ1n) is 12.6. The zero-order chi connectivity index (χ0) is 24.3. The Hall–Kier alpha value is -2.61. The van der Waals surface area contributed by atoms with Crippen molar-refractivity contribution in [1.29, 1.82) is 0 Å². The van der Waals surface area contributed by atoms with Gasteiger partial charge in [0.15, 0.2) is 0 Å². The Morgan fingerprint density at radius 3 is 2.11 bits per heavy atom. The van der Waals surface area contributed by atoms with Gasteiger partial charge in [0.25, 0.3) is 0 Å². The van der Waals surface area contributed by atoms with Crippen molar-refractivity contribution in [1.82, 2.24) is 10.2 Å². The molecule has 2 heterocycles. The van der Waals surface area contributed by atoms with Gasteiger partial charge in [0.05, 0.1) is 0 Å².